The quantitative estimate of drug-likeness (QED) is 0.147. The number of benzene rings is 2. The van der Waals surface area contributed by atoms with Crippen molar-refractivity contribution in [2.24, 2.45) is 5.92 Å². The molecule has 172 valence electrons. The number of unbranched alkanes of at least 4 members (excludes halogenated alkanes) is 4. The molecule has 1 fully saturated rings. The molecule has 1 saturated carbocycles. The van der Waals surface area contributed by atoms with Crippen LogP contribution in [0.1, 0.15) is 82.6 Å². The summed E-state index contributed by atoms with van der Waals surface area (Å²) in [7, 11) is 0. The Balaban J connectivity index is 1.44. The van der Waals surface area contributed by atoms with Gasteiger partial charge in [-0.15, -0.1) is 0 Å². The van der Waals surface area contributed by atoms with Gasteiger partial charge in [-0.2, -0.15) is 0 Å². The molecule has 0 amide bonds. The maximum Gasteiger partial charge on any atom is 0.333 e. The first-order valence-electron chi connectivity index (χ1n) is 12.3. The van der Waals surface area contributed by atoms with Crippen LogP contribution in [0.25, 0.3) is 11.1 Å². The lowest BCUT2D eigenvalue weighted by Gasteiger charge is -2.29. The van der Waals surface area contributed by atoms with Crippen LogP contribution in [0.5, 0.6) is 5.75 Å². The van der Waals surface area contributed by atoms with Crippen LogP contribution in [0.2, 0.25) is 0 Å². The molecule has 0 bridgehead atoms. The zero-order valence-corrected chi connectivity index (χ0v) is 19.6. The van der Waals surface area contributed by atoms with Gasteiger partial charge in [0.2, 0.25) is 6.79 Å². The van der Waals surface area contributed by atoms with E-state index < -0.39 is 5.97 Å². The van der Waals surface area contributed by atoms with Crippen LogP contribution >= 0.6 is 0 Å². The van der Waals surface area contributed by atoms with Crippen molar-refractivity contribution in [1.82, 2.24) is 0 Å². The Morgan fingerprint density at radius 2 is 1.53 bits per heavy atom. The molecule has 2 aromatic carbocycles. The molecule has 0 atom stereocenters. The third-order valence-corrected chi connectivity index (χ3v) is 6.73. The van der Waals surface area contributed by atoms with E-state index >= 15 is 0 Å². The fourth-order valence-corrected chi connectivity index (χ4v) is 4.73. The molecule has 32 heavy (non-hydrogen) atoms. The van der Waals surface area contributed by atoms with Crippen molar-refractivity contribution < 1.29 is 14.3 Å². The van der Waals surface area contributed by atoms with E-state index in [-0.39, 0.29) is 6.79 Å². The minimum absolute atomic E-state index is 0.111. The highest BCUT2D eigenvalue weighted by atomic mass is 16.7. The summed E-state index contributed by atoms with van der Waals surface area (Å²) in [5.41, 5.74) is 3.84. The molecule has 3 nitrogen and oxygen atoms in total. The molecule has 0 spiro atoms. The molecule has 0 aromatic heterocycles. The average molecular weight is 435 g/mol. The SMILES string of the molecule is C=CC(=O)OCOc1ccc(-c2ccc(C3CCC(CCCCCCC)CC3)cc2)cc1. The summed E-state index contributed by atoms with van der Waals surface area (Å²) in [6, 6.07) is 16.9. The number of carbonyl (C=O) groups excluding carboxylic acids is 1. The van der Waals surface area contributed by atoms with Crippen molar-refractivity contribution in [3.8, 4) is 16.9 Å². The normalized spacial score (nSPS) is 18.2. The van der Waals surface area contributed by atoms with Crippen LogP contribution in [0.3, 0.4) is 0 Å². The van der Waals surface area contributed by atoms with Crippen molar-refractivity contribution >= 4 is 5.97 Å². The smallest absolute Gasteiger partial charge is 0.333 e. The van der Waals surface area contributed by atoms with Crippen molar-refractivity contribution in [2.45, 2.75) is 77.0 Å². The monoisotopic (exact) mass is 434 g/mol. The fourth-order valence-electron chi connectivity index (χ4n) is 4.73. The maximum atomic E-state index is 11.1. The summed E-state index contributed by atoms with van der Waals surface area (Å²) >= 11 is 0. The van der Waals surface area contributed by atoms with Gasteiger partial charge in [0, 0.05) is 6.08 Å². The number of hydrogen-bond acceptors (Lipinski definition) is 3. The predicted molar refractivity (Wildman–Crippen MR) is 132 cm³/mol. The van der Waals surface area contributed by atoms with Crippen molar-refractivity contribution in [3.63, 3.8) is 0 Å². The Labute approximate surface area is 193 Å². The Hall–Kier alpha value is -2.55. The van der Waals surface area contributed by atoms with E-state index in [9.17, 15) is 4.79 Å². The third kappa shape index (κ3) is 7.55. The number of ether oxygens (including phenoxy) is 2. The van der Waals surface area contributed by atoms with E-state index in [1.54, 1.807) is 0 Å². The van der Waals surface area contributed by atoms with Gasteiger partial charge in [0.25, 0.3) is 0 Å². The Morgan fingerprint density at radius 3 is 2.16 bits per heavy atom. The molecule has 3 heteroatoms. The van der Waals surface area contributed by atoms with Gasteiger partial charge in [0.05, 0.1) is 0 Å². The first-order chi connectivity index (χ1) is 15.7. The van der Waals surface area contributed by atoms with E-state index in [0.717, 1.165) is 23.5 Å². The summed E-state index contributed by atoms with van der Waals surface area (Å²) in [5, 5.41) is 0. The molecule has 0 aliphatic heterocycles. The fraction of sp³-hybridized carbons (Fsp3) is 0.483. The molecular weight excluding hydrogens is 396 g/mol. The van der Waals surface area contributed by atoms with Crippen molar-refractivity contribution in [3.05, 3.63) is 66.7 Å². The largest absolute Gasteiger partial charge is 0.457 e. The molecule has 0 heterocycles. The van der Waals surface area contributed by atoms with Gasteiger partial charge in [-0.05, 0) is 66.3 Å². The van der Waals surface area contributed by atoms with Gasteiger partial charge in [-0.25, -0.2) is 4.79 Å². The summed E-state index contributed by atoms with van der Waals surface area (Å²) in [4.78, 5) is 11.1. The molecule has 0 saturated heterocycles. The lowest BCUT2D eigenvalue weighted by Crippen LogP contribution is -2.13. The highest BCUT2D eigenvalue weighted by molar-refractivity contribution is 5.81. The molecule has 2 aromatic rings. The van der Waals surface area contributed by atoms with Gasteiger partial charge < -0.3 is 9.47 Å². The molecule has 0 unspecified atom stereocenters. The van der Waals surface area contributed by atoms with Crippen molar-refractivity contribution in [2.75, 3.05) is 6.79 Å². The van der Waals surface area contributed by atoms with Crippen LogP contribution in [-0.2, 0) is 9.53 Å². The predicted octanol–water partition coefficient (Wildman–Crippen LogP) is 8.05. The lowest BCUT2D eigenvalue weighted by molar-refractivity contribution is -0.144. The number of rotatable bonds is 12. The second-order valence-electron chi connectivity index (χ2n) is 9.00. The average Bonchev–Trinajstić information content (AvgIpc) is 2.85. The second-order valence-corrected chi connectivity index (χ2v) is 9.00. The first-order valence-corrected chi connectivity index (χ1v) is 12.3. The van der Waals surface area contributed by atoms with Gasteiger partial charge in [0.1, 0.15) is 5.75 Å². The first kappa shape index (κ1) is 24.1. The summed E-state index contributed by atoms with van der Waals surface area (Å²) < 4.78 is 10.3. The Morgan fingerprint density at radius 1 is 0.906 bits per heavy atom. The summed E-state index contributed by atoms with van der Waals surface area (Å²) in [6.07, 6.45) is 15.0. The standard InChI is InChI=1S/C29H38O3/c1-3-5-6-7-8-9-23-10-12-24(13-11-23)25-14-16-26(17-15-25)27-18-20-28(21-19-27)31-22-32-29(30)4-2/h4,14-21,23-24H,2-3,5-13,22H2,1H3. The van der Waals surface area contributed by atoms with Crippen LogP contribution in [-0.4, -0.2) is 12.8 Å². The van der Waals surface area contributed by atoms with Gasteiger partial charge >= 0.3 is 5.97 Å². The molecule has 3 rings (SSSR count). The summed E-state index contributed by atoms with van der Waals surface area (Å²) in [5.74, 6) is 1.85. The Kier molecular flexibility index (Phi) is 9.87. The molecule has 1 aliphatic carbocycles. The van der Waals surface area contributed by atoms with Gasteiger partial charge in [-0.3, -0.25) is 0 Å². The molecule has 0 N–H and O–H groups in total. The van der Waals surface area contributed by atoms with Crippen LogP contribution in [0.4, 0.5) is 0 Å². The second kappa shape index (κ2) is 13.1. The minimum Gasteiger partial charge on any atom is -0.457 e. The van der Waals surface area contributed by atoms with E-state index in [2.05, 4.69) is 37.8 Å². The molecule has 0 radical (unpaired) electrons. The van der Waals surface area contributed by atoms with Gasteiger partial charge in [-0.1, -0.05) is 88.4 Å². The van der Waals surface area contributed by atoms with E-state index in [1.165, 1.54) is 75.3 Å². The highest BCUT2D eigenvalue weighted by Gasteiger charge is 2.22. The van der Waals surface area contributed by atoms with Crippen LogP contribution in [0, 0.1) is 5.92 Å². The molecule has 1 aliphatic rings. The zero-order valence-electron chi connectivity index (χ0n) is 19.6. The third-order valence-electron chi connectivity index (χ3n) is 6.73. The minimum atomic E-state index is -0.488. The topological polar surface area (TPSA) is 35.5 Å². The van der Waals surface area contributed by atoms with Crippen molar-refractivity contribution in [1.29, 1.82) is 0 Å². The number of carbonyl (C=O) groups is 1. The lowest BCUT2D eigenvalue weighted by atomic mass is 9.77. The zero-order chi connectivity index (χ0) is 22.6. The van der Waals surface area contributed by atoms with Crippen LogP contribution in [0.15, 0.2) is 61.2 Å². The van der Waals surface area contributed by atoms with E-state index in [1.807, 2.05) is 24.3 Å². The number of esters is 1. The summed E-state index contributed by atoms with van der Waals surface area (Å²) in [6.45, 7) is 5.53. The molecular formula is C29H38O3. The number of hydrogen-bond donors (Lipinski definition) is 0. The maximum absolute atomic E-state index is 11.1. The van der Waals surface area contributed by atoms with E-state index in [4.69, 9.17) is 9.47 Å². The van der Waals surface area contributed by atoms with E-state index in [0.29, 0.717) is 5.75 Å². The Bertz CT molecular complexity index is 814. The van der Waals surface area contributed by atoms with Gasteiger partial charge in [0.15, 0.2) is 0 Å². The highest BCUT2D eigenvalue weighted by Crippen LogP contribution is 2.38. The van der Waals surface area contributed by atoms with Crippen LogP contribution < -0.4 is 4.74 Å².